The molecule has 5 rings (SSSR count). The van der Waals surface area contributed by atoms with Crippen LogP contribution in [0.25, 0.3) is 0 Å². The molecular weight excluding hydrogens is 450 g/mol. The van der Waals surface area contributed by atoms with E-state index in [4.69, 9.17) is 4.98 Å². The number of aromatic nitrogens is 1. The monoisotopic (exact) mass is 497 g/mol. The highest BCUT2D eigenvalue weighted by atomic mass is 32.1. The number of carbonyl (C=O) groups excluding carboxylic acids is 1. The molecule has 0 spiro atoms. The van der Waals surface area contributed by atoms with Crippen molar-refractivity contribution in [3.05, 3.63) is 23.2 Å². The van der Waals surface area contributed by atoms with Gasteiger partial charge >= 0.3 is 0 Å². The van der Waals surface area contributed by atoms with Gasteiger partial charge < -0.3 is 10.2 Å². The molecule has 1 aliphatic heterocycles. The first-order valence-electron chi connectivity index (χ1n) is 14.5. The number of unbranched alkanes of at least 4 members (excludes halogenated alkanes) is 5. The van der Waals surface area contributed by atoms with Gasteiger partial charge in [0.25, 0.3) is 0 Å². The molecule has 4 nitrogen and oxygen atoms in total. The van der Waals surface area contributed by atoms with Gasteiger partial charge in [0.1, 0.15) is 0 Å². The van der Waals surface area contributed by atoms with Gasteiger partial charge in [0, 0.05) is 36.3 Å². The molecule has 7 atom stereocenters. The minimum absolute atomic E-state index is 0.138. The number of hydrogen-bond acceptors (Lipinski definition) is 4. The summed E-state index contributed by atoms with van der Waals surface area (Å²) >= 11 is 1.82. The quantitative estimate of drug-likeness (QED) is 0.357. The number of nitrogens with zero attached hydrogens (tertiary/aromatic N) is 2. The summed E-state index contributed by atoms with van der Waals surface area (Å²) in [5.41, 5.74) is 1.86. The highest BCUT2D eigenvalue weighted by Crippen LogP contribution is 2.67. The Bertz CT molecular complexity index is 926. The molecule has 0 saturated heterocycles. The molecule has 4 aliphatic rings. The van der Waals surface area contributed by atoms with Gasteiger partial charge in [-0.3, -0.25) is 4.79 Å². The third kappa shape index (κ3) is 4.49. The van der Waals surface area contributed by atoms with Crippen molar-refractivity contribution in [1.82, 2.24) is 9.88 Å². The van der Waals surface area contributed by atoms with E-state index in [1.165, 1.54) is 76.3 Å². The van der Waals surface area contributed by atoms with Crippen LogP contribution in [-0.2, 0) is 4.79 Å². The molecule has 5 heteroatoms. The molecule has 2 heterocycles. The largest absolute Gasteiger partial charge is 0.362 e. The van der Waals surface area contributed by atoms with Crippen LogP contribution in [0, 0.1) is 28.6 Å². The summed E-state index contributed by atoms with van der Waals surface area (Å²) in [6.07, 6.45) is 19.8. The first kappa shape index (κ1) is 25.3. The second-order valence-electron chi connectivity index (χ2n) is 12.6. The average molecular weight is 498 g/mol. The van der Waals surface area contributed by atoms with Gasteiger partial charge in [-0.2, -0.15) is 0 Å². The number of likely N-dealkylation sites (N-methyl/N-ethyl adjacent to an activating group) is 1. The van der Waals surface area contributed by atoms with Crippen LogP contribution < -0.4 is 5.32 Å². The molecule has 194 valence electrons. The lowest BCUT2D eigenvalue weighted by Gasteiger charge is -2.60. The molecule has 0 radical (unpaired) electrons. The molecule has 1 aromatic heterocycles. The molecule has 35 heavy (non-hydrogen) atoms. The maximum Gasteiger partial charge on any atom is 0.246 e. The molecule has 1 amide bonds. The van der Waals surface area contributed by atoms with E-state index in [9.17, 15) is 4.79 Å². The zero-order valence-electron chi connectivity index (χ0n) is 22.5. The van der Waals surface area contributed by atoms with Gasteiger partial charge in [-0.1, -0.05) is 59.0 Å². The Morgan fingerprint density at radius 3 is 2.69 bits per heavy atom. The molecule has 3 saturated carbocycles. The van der Waals surface area contributed by atoms with E-state index >= 15 is 0 Å². The Kier molecular flexibility index (Phi) is 7.36. The van der Waals surface area contributed by atoms with Crippen LogP contribution in [0.1, 0.15) is 109 Å². The van der Waals surface area contributed by atoms with Crippen LogP contribution in [0.5, 0.6) is 0 Å². The van der Waals surface area contributed by atoms with Crippen LogP contribution in [0.3, 0.4) is 0 Å². The number of hydrogen-bond donors (Lipinski definition) is 1. The minimum atomic E-state index is 0.138. The third-order valence-electron chi connectivity index (χ3n) is 10.8. The van der Waals surface area contributed by atoms with E-state index in [1.807, 2.05) is 29.4 Å². The maximum atomic E-state index is 12.4. The maximum absolute atomic E-state index is 12.4. The summed E-state index contributed by atoms with van der Waals surface area (Å²) < 4.78 is 0. The second-order valence-corrected chi connectivity index (χ2v) is 13.4. The lowest BCUT2D eigenvalue weighted by atomic mass is 9.47. The van der Waals surface area contributed by atoms with Crippen molar-refractivity contribution in [3.8, 4) is 0 Å². The lowest BCUT2D eigenvalue weighted by molar-refractivity contribution is -0.138. The minimum Gasteiger partial charge on any atom is -0.362 e. The number of fused-ring (bicyclic) bond motifs is 5. The molecule has 0 bridgehead atoms. The van der Waals surface area contributed by atoms with Gasteiger partial charge in [0.2, 0.25) is 5.91 Å². The van der Waals surface area contributed by atoms with Crippen molar-refractivity contribution in [3.63, 3.8) is 0 Å². The highest BCUT2D eigenvalue weighted by Gasteiger charge is 2.60. The van der Waals surface area contributed by atoms with Gasteiger partial charge in [0.05, 0.1) is 5.69 Å². The first-order chi connectivity index (χ1) is 16.9. The van der Waals surface area contributed by atoms with Gasteiger partial charge in [-0.15, -0.1) is 11.3 Å². The van der Waals surface area contributed by atoms with Crippen molar-refractivity contribution in [2.45, 2.75) is 110 Å². The van der Waals surface area contributed by atoms with Crippen LogP contribution in [0.2, 0.25) is 0 Å². The smallest absolute Gasteiger partial charge is 0.246 e. The predicted octanol–water partition coefficient (Wildman–Crippen LogP) is 7.64. The summed E-state index contributed by atoms with van der Waals surface area (Å²) in [6, 6.07) is 0.377. The fraction of sp³-hybridized carbons (Fsp3) is 0.800. The summed E-state index contributed by atoms with van der Waals surface area (Å²) in [5, 5.41) is 7.11. The highest BCUT2D eigenvalue weighted by molar-refractivity contribution is 7.13. The molecule has 3 aliphatic carbocycles. The Balaban J connectivity index is 1.23. The number of thiazole rings is 1. The molecule has 1 N–H and O–H groups in total. The van der Waals surface area contributed by atoms with Crippen molar-refractivity contribution >= 4 is 22.4 Å². The first-order valence-corrected chi connectivity index (χ1v) is 15.4. The third-order valence-corrected chi connectivity index (χ3v) is 11.6. The zero-order chi connectivity index (χ0) is 24.6. The van der Waals surface area contributed by atoms with E-state index < -0.39 is 0 Å². The van der Waals surface area contributed by atoms with Gasteiger partial charge in [0.15, 0.2) is 5.13 Å². The fourth-order valence-corrected chi connectivity index (χ4v) is 9.65. The summed E-state index contributed by atoms with van der Waals surface area (Å²) in [5.74, 6) is 3.08. The van der Waals surface area contributed by atoms with E-state index in [2.05, 4.69) is 37.5 Å². The molecular formula is C30H47N3OS. The van der Waals surface area contributed by atoms with Crippen molar-refractivity contribution in [2.24, 2.45) is 28.6 Å². The second kappa shape index (κ2) is 10.2. The van der Waals surface area contributed by atoms with E-state index in [0.717, 1.165) is 29.9 Å². The Hall–Kier alpha value is -1.36. The normalized spacial score (nSPS) is 38.2. The Morgan fingerprint density at radius 1 is 1.06 bits per heavy atom. The van der Waals surface area contributed by atoms with Crippen LogP contribution in [0.15, 0.2) is 17.5 Å². The number of nitrogens with one attached hydrogen (secondary N) is 1. The standard InChI is InChI=1S/C30H47N3OS/c1-5-6-7-8-9-10-19-31-28-32-25(20-35-28)24-13-12-22-21-11-14-26-30(3,18-16-27(34)33(26)4)23(21)15-17-29(22,24)2/h16,18,20-24,26H,5-15,17,19H2,1-4H3,(H,31,32)/t21-,22-,23+,24?,26?,29-,30+/m0/s1. The van der Waals surface area contributed by atoms with E-state index in [0.29, 0.717) is 23.3 Å². The summed E-state index contributed by atoms with van der Waals surface area (Å²) in [6.45, 7) is 8.37. The molecule has 0 aromatic carbocycles. The zero-order valence-corrected chi connectivity index (χ0v) is 23.3. The number of anilines is 1. The SMILES string of the molecule is CCCCCCCCNc1nc(C2CC[C@H]3[C@@H]4CCC5N(C)C(=O)C=C[C@]5(C)[C@@H]4CC[C@]23C)cs1. The van der Waals surface area contributed by atoms with Crippen molar-refractivity contribution < 1.29 is 4.79 Å². The average Bonchev–Trinajstić information content (AvgIpc) is 3.45. The Labute approximate surface area is 217 Å². The van der Waals surface area contributed by atoms with Crippen LogP contribution in [-0.4, -0.2) is 35.4 Å². The van der Waals surface area contributed by atoms with Crippen LogP contribution >= 0.6 is 11.3 Å². The summed E-state index contributed by atoms with van der Waals surface area (Å²) in [4.78, 5) is 19.5. The lowest BCUT2D eigenvalue weighted by Crippen LogP contribution is -2.59. The number of rotatable bonds is 9. The van der Waals surface area contributed by atoms with E-state index in [-0.39, 0.29) is 11.3 Å². The summed E-state index contributed by atoms with van der Waals surface area (Å²) in [7, 11) is 2.02. The Morgan fingerprint density at radius 2 is 1.86 bits per heavy atom. The van der Waals surface area contributed by atoms with Gasteiger partial charge in [-0.05, 0) is 74.2 Å². The molecule has 2 unspecified atom stereocenters. The number of amides is 1. The van der Waals surface area contributed by atoms with Crippen molar-refractivity contribution in [2.75, 3.05) is 18.9 Å². The van der Waals surface area contributed by atoms with Crippen molar-refractivity contribution in [1.29, 1.82) is 0 Å². The topological polar surface area (TPSA) is 45.2 Å². The predicted molar refractivity (Wildman–Crippen MR) is 147 cm³/mol. The van der Waals surface area contributed by atoms with Crippen LogP contribution in [0.4, 0.5) is 5.13 Å². The van der Waals surface area contributed by atoms with Gasteiger partial charge in [-0.25, -0.2) is 4.98 Å². The molecule has 3 fully saturated rings. The fourth-order valence-electron chi connectivity index (χ4n) is 8.85. The van der Waals surface area contributed by atoms with E-state index in [1.54, 1.807) is 0 Å². The molecule has 1 aromatic rings. The number of carbonyl (C=O) groups is 1.